The number of rotatable bonds is 5. The highest BCUT2D eigenvalue weighted by atomic mass is 32.1. The summed E-state index contributed by atoms with van der Waals surface area (Å²) in [4.78, 5) is 4.07. The minimum absolute atomic E-state index is 0.596. The molecule has 7 nitrogen and oxygen atoms in total. The van der Waals surface area contributed by atoms with Gasteiger partial charge < -0.3 is 14.5 Å². The Labute approximate surface area is 164 Å². The van der Waals surface area contributed by atoms with Crippen molar-refractivity contribution in [1.82, 2.24) is 24.8 Å². The fourth-order valence-electron chi connectivity index (χ4n) is 3.30. The van der Waals surface area contributed by atoms with Crippen molar-refractivity contribution in [2.45, 2.75) is 6.42 Å². The summed E-state index contributed by atoms with van der Waals surface area (Å²) in [7, 11) is 3.26. The Morgan fingerprint density at radius 3 is 2.75 bits per heavy atom. The summed E-state index contributed by atoms with van der Waals surface area (Å²) in [6, 6.07) is 14.0. The number of aromatic amines is 1. The molecule has 140 valence electrons. The molecular formula is C20H17N5O2S. The van der Waals surface area contributed by atoms with Gasteiger partial charge in [0.2, 0.25) is 4.96 Å². The molecule has 0 bridgehead atoms. The average Bonchev–Trinajstić information content (AvgIpc) is 3.42. The number of hydrogen-bond acceptors (Lipinski definition) is 6. The smallest absolute Gasteiger partial charge is 0.234 e. The van der Waals surface area contributed by atoms with E-state index in [0.29, 0.717) is 17.9 Å². The molecule has 0 atom stereocenters. The molecule has 5 rings (SSSR count). The molecule has 0 amide bonds. The van der Waals surface area contributed by atoms with Crippen LogP contribution in [0.3, 0.4) is 0 Å². The number of aromatic nitrogens is 5. The summed E-state index contributed by atoms with van der Waals surface area (Å²) < 4.78 is 12.5. The van der Waals surface area contributed by atoms with E-state index in [1.165, 1.54) is 11.3 Å². The molecule has 1 N–H and O–H groups in total. The molecule has 0 radical (unpaired) electrons. The minimum atomic E-state index is 0.596. The van der Waals surface area contributed by atoms with Crippen LogP contribution in [0, 0.1) is 0 Å². The van der Waals surface area contributed by atoms with Crippen molar-refractivity contribution >= 4 is 27.2 Å². The number of nitrogens with one attached hydrogen (secondary N) is 1. The van der Waals surface area contributed by atoms with Gasteiger partial charge in [-0.3, -0.25) is 0 Å². The molecule has 0 saturated heterocycles. The summed E-state index contributed by atoms with van der Waals surface area (Å²) in [5.41, 5.74) is 3.21. The maximum Gasteiger partial charge on any atom is 0.234 e. The van der Waals surface area contributed by atoms with Crippen molar-refractivity contribution in [2.75, 3.05) is 14.2 Å². The van der Waals surface area contributed by atoms with E-state index in [9.17, 15) is 0 Å². The molecular weight excluding hydrogens is 374 g/mol. The summed E-state index contributed by atoms with van der Waals surface area (Å²) in [6.07, 6.45) is 2.59. The molecule has 2 aromatic carbocycles. The van der Waals surface area contributed by atoms with E-state index in [-0.39, 0.29) is 0 Å². The SMILES string of the molecule is COc1ccc(Cc2nnc3sc(-c4c[nH]c5ccccc45)nn23)cc1OC. The predicted molar refractivity (Wildman–Crippen MR) is 108 cm³/mol. The van der Waals surface area contributed by atoms with E-state index in [1.54, 1.807) is 14.2 Å². The third-order valence-corrected chi connectivity index (χ3v) is 5.62. The van der Waals surface area contributed by atoms with Gasteiger partial charge in [0, 0.05) is 29.1 Å². The first kappa shape index (κ1) is 16.8. The van der Waals surface area contributed by atoms with Crippen molar-refractivity contribution in [3.8, 4) is 22.1 Å². The molecule has 3 aromatic heterocycles. The standard InChI is InChI=1S/C20H17N5O2S/c1-26-16-8-7-12(9-17(16)27-2)10-18-22-23-20-25(18)24-19(28-20)14-11-21-15-6-4-3-5-13(14)15/h3-9,11,21H,10H2,1-2H3. The number of nitrogens with zero attached hydrogens (tertiary/aromatic N) is 4. The Balaban J connectivity index is 1.52. The van der Waals surface area contributed by atoms with E-state index in [0.717, 1.165) is 37.8 Å². The van der Waals surface area contributed by atoms with Crippen molar-refractivity contribution in [3.05, 3.63) is 60.0 Å². The second-order valence-corrected chi connectivity index (χ2v) is 7.29. The van der Waals surface area contributed by atoms with Gasteiger partial charge in [0.05, 0.1) is 14.2 Å². The highest BCUT2D eigenvalue weighted by Gasteiger charge is 2.16. The van der Waals surface area contributed by atoms with Crippen LogP contribution in [0.2, 0.25) is 0 Å². The number of fused-ring (bicyclic) bond motifs is 2. The number of hydrogen-bond donors (Lipinski definition) is 1. The Bertz CT molecular complexity index is 1290. The molecule has 28 heavy (non-hydrogen) atoms. The molecule has 0 unspecified atom stereocenters. The van der Waals surface area contributed by atoms with Gasteiger partial charge in [-0.25, -0.2) is 0 Å². The van der Waals surface area contributed by atoms with Gasteiger partial charge in [-0.2, -0.15) is 9.61 Å². The van der Waals surface area contributed by atoms with Crippen LogP contribution in [0.25, 0.3) is 26.4 Å². The quantitative estimate of drug-likeness (QED) is 0.491. The average molecular weight is 391 g/mol. The van der Waals surface area contributed by atoms with Gasteiger partial charge in [0.25, 0.3) is 0 Å². The summed E-state index contributed by atoms with van der Waals surface area (Å²) >= 11 is 1.53. The maximum absolute atomic E-state index is 5.39. The lowest BCUT2D eigenvalue weighted by Gasteiger charge is -2.08. The Hall–Kier alpha value is -3.39. The molecule has 0 spiro atoms. The third kappa shape index (κ3) is 2.69. The Morgan fingerprint density at radius 1 is 1.04 bits per heavy atom. The Kier molecular flexibility index (Phi) is 3.98. The molecule has 8 heteroatoms. The van der Waals surface area contributed by atoms with Crippen molar-refractivity contribution in [1.29, 1.82) is 0 Å². The first-order valence-electron chi connectivity index (χ1n) is 8.75. The zero-order chi connectivity index (χ0) is 19.1. The number of para-hydroxylation sites is 1. The van der Waals surface area contributed by atoms with Crippen LogP contribution in [0.5, 0.6) is 11.5 Å². The normalized spacial score (nSPS) is 11.4. The Morgan fingerprint density at radius 2 is 1.89 bits per heavy atom. The van der Waals surface area contributed by atoms with E-state index >= 15 is 0 Å². The van der Waals surface area contributed by atoms with E-state index in [4.69, 9.17) is 14.6 Å². The van der Waals surface area contributed by atoms with Crippen LogP contribution in [-0.4, -0.2) is 39.0 Å². The molecule has 0 saturated carbocycles. The second kappa shape index (κ2) is 6.65. The molecule has 0 aliphatic rings. The molecule has 0 fully saturated rings. The highest BCUT2D eigenvalue weighted by Crippen LogP contribution is 2.32. The van der Waals surface area contributed by atoms with Crippen LogP contribution in [0.1, 0.15) is 11.4 Å². The first-order chi connectivity index (χ1) is 13.8. The second-order valence-electron chi connectivity index (χ2n) is 6.33. The maximum atomic E-state index is 5.39. The van der Waals surface area contributed by atoms with Crippen LogP contribution in [0.4, 0.5) is 0 Å². The molecule has 3 heterocycles. The number of methoxy groups -OCH3 is 2. The van der Waals surface area contributed by atoms with Crippen LogP contribution < -0.4 is 9.47 Å². The van der Waals surface area contributed by atoms with Crippen molar-refractivity contribution in [2.24, 2.45) is 0 Å². The number of benzene rings is 2. The number of H-pyrrole nitrogens is 1. The van der Waals surface area contributed by atoms with Crippen molar-refractivity contribution in [3.63, 3.8) is 0 Å². The molecule has 0 aliphatic carbocycles. The van der Waals surface area contributed by atoms with Crippen LogP contribution >= 0.6 is 11.3 Å². The van der Waals surface area contributed by atoms with Gasteiger partial charge in [-0.05, 0) is 23.8 Å². The topological polar surface area (TPSA) is 77.3 Å². The van der Waals surface area contributed by atoms with Gasteiger partial charge in [-0.1, -0.05) is 35.6 Å². The zero-order valence-corrected chi connectivity index (χ0v) is 16.2. The minimum Gasteiger partial charge on any atom is -0.493 e. The highest BCUT2D eigenvalue weighted by molar-refractivity contribution is 7.19. The predicted octanol–water partition coefficient (Wildman–Crippen LogP) is 3.94. The summed E-state index contributed by atoms with van der Waals surface area (Å²) in [5.74, 6) is 2.18. The summed E-state index contributed by atoms with van der Waals surface area (Å²) in [6.45, 7) is 0. The largest absolute Gasteiger partial charge is 0.493 e. The fraction of sp³-hybridized carbons (Fsp3) is 0.150. The van der Waals surface area contributed by atoms with Crippen molar-refractivity contribution < 1.29 is 9.47 Å². The third-order valence-electron chi connectivity index (χ3n) is 4.69. The fourth-order valence-corrected chi connectivity index (χ4v) is 4.19. The van der Waals surface area contributed by atoms with Crippen LogP contribution in [0.15, 0.2) is 48.7 Å². The van der Waals surface area contributed by atoms with Gasteiger partial charge in [0.1, 0.15) is 5.01 Å². The van der Waals surface area contributed by atoms with E-state index in [2.05, 4.69) is 27.3 Å². The van der Waals surface area contributed by atoms with Gasteiger partial charge >= 0.3 is 0 Å². The van der Waals surface area contributed by atoms with Crippen LogP contribution in [-0.2, 0) is 6.42 Å². The lowest BCUT2D eigenvalue weighted by atomic mass is 10.1. The first-order valence-corrected chi connectivity index (χ1v) is 9.57. The molecule has 0 aliphatic heterocycles. The number of ether oxygens (including phenoxy) is 2. The lowest BCUT2D eigenvalue weighted by Crippen LogP contribution is -1.99. The lowest BCUT2D eigenvalue weighted by molar-refractivity contribution is 0.354. The van der Waals surface area contributed by atoms with E-state index < -0.39 is 0 Å². The zero-order valence-electron chi connectivity index (χ0n) is 15.3. The van der Waals surface area contributed by atoms with Gasteiger partial charge in [0.15, 0.2) is 17.3 Å². The van der Waals surface area contributed by atoms with Gasteiger partial charge in [-0.15, -0.1) is 10.2 Å². The molecule has 5 aromatic rings. The van der Waals surface area contributed by atoms with E-state index in [1.807, 2.05) is 41.0 Å². The summed E-state index contributed by atoms with van der Waals surface area (Å²) in [5, 5.41) is 15.5. The monoisotopic (exact) mass is 391 g/mol.